The number of hydrogen-bond acceptors (Lipinski definition) is 1. The predicted molar refractivity (Wildman–Crippen MR) is 47.5 cm³/mol. The summed E-state index contributed by atoms with van der Waals surface area (Å²) in [7, 11) is 0. The molecule has 11 heavy (non-hydrogen) atoms. The number of hydrogen-bond donors (Lipinski definition) is 1. The van der Waals surface area contributed by atoms with Crippen LogP contribution in [0.5, 0.6) is 0 Å². The van der Waals surface area contributed by atoms with Crippen LogP contribution in [0.25, 0.3) is 0 Å². The van der Waals surface area contributed by atoms with Gasteiger partial charge in [0.05, 0.1) is 0 Å². The third kappa shape index (κ3) is 1.34. The second-order valence-electron chi connectivity index (χ2n) is 3.86. The molecule has 2 aliphatic rings. The van der Waals surface area contributed by atoms with Gasteiger partial charge in [-0.2, -0.15) is 0 Å². The summed E-state index contributed by atoms with van der Waals surface area (Å²) in [4.78, 5) is 0. The molecule has 0 bridgehead atoms. The van der Waals surface area contributed by atoms with Crippen LogP contribution in [-0.4, -0.2) is 12.6 Å². The molecule has 2 rings (SSSR count). The minimum absolute atomic E-state index is 0.782. The van der Waals surface area contributed by atoms with Gasteiger partial charge in [-0.3, -0.25) is 0 Å². The van der Waals surface area contributed by atoms with E-state index in [0.29, 0.717) is 0 Å². The summed E-state index contributed by atoms with van der Waals surface area (Å²) in [5, 5.41) is 3.59. The first-order valence-corrected chi connectivity index (χ1v) is 4.79. The molecule has 2 fully saturated rings. The van der Waals surface area contributed by atoms with Crippen LogP contribution in [0.15, 0.2) is 12.2 Å². The summed E-state index contributed by atoms with van der Waals surface area (Å²) >= 11 is 0. The van der Waals surface area contributed by atoms with Crippen LogP contribution in [-0.2, 0) is 0 Å². The Labute approximate surface area is 68.9 Å². The van der Waals surface area contributed by atoms with Gasteiger partial charge in [-0.15, -0.1) is 0 Å². The number of nitrogens with one attached hydrogen (secondary N) is 1. The highest BCUT2D eigenvalue weighted by molar-refractivity contribution is 5.09. The Kier molecular flexibility index (Phi) is 1.99. The fourth-order valence-corrected chi connectivity index (χ4v) is 2.48. The van der Waals surface area contributed by atoms with E-state index in [1.54, 1.807) is 0 Å². The molecule has 0 aromatic carbocycles. The van der Waals surface area contributed by atoms with Gasteiger partial charge in [0.15, 0.2) is 0 Å². The van der Waals surface area contributed by atoms with Gasteiger partial charge in [0, 0.05) is 6.04 Å². The lowest BCUT2D eigenvalue weighted by molar-refractivity contribution is 0.267. The van der Waals surface area contributed by atoms with E-state index in [9.17, 15) is 0 Å². The Morgan fingerprint density at radius 1 is 1.27 bits per heavy atom. The highest BCUT2D eigenvalue weighted by atomic mass is 14.9. The summed E-state index contributed by atoms with van der Waals surface area (Å²) < 4.78 is 0. The lowest BCUT2D eigenvalue weighted by atomic mass is 9.77. The van der Waals surface area contributed by atoms with Gasteiger partial charge >= 0.3 is 0 Å². The van der Waals surface area contributed by atoms with E-state index in [4.69, 9.17) is 0 Å². The minimum Gasteiger partial charge on any atom is -0.313 e. The van der Waals surface area contributed by atoms with Crippen molar-refractivity contribution in [3.05, 3.63) is 12.2 Å². The molecular formula is C10H17N. The smallest absolute Gasteiger partial charge is 0.0132 e. The lowest BCUT2D eigenvalue weighted by Gasteiger charge is -2.37. The van der Waals surface area contributed by atoms with Crippen LogP contribution < -0.4 is 5.32 Å². The monoisotopic (exact) mass is 151 g/mol. The zero-order chi connectivity index (χ0) is 7.68. The molecule has 1 heterocycles. The van der Waals surface area contributed by atoms with Crippen LogP contribution in [0.4, 0.5) is 0 Å². The molecule has 1 heteroatoms. The maximum Gasteiger partial charge on any atom is 0.0132 e. The minimum atomic E-state index is 0.782. The Bertz CT molecular complexity index is 160. The summed E-state index contributed by atoms with van der Waals surface area (Å²) in [6.07, 6.45) is 6.75. The Morgan fingerprint density at radius 2 is 2.18 bits per heavy atom. The van der Waals surface area contributed by atoms with E-state index in [2.05, 4.69) is 11.9 Å². The predicted octanol–water partition coefficient (Wildman–Crippen LogP) is 2.09. The zero-order valence-electron chi connectivity index (χ0n) is 7.10. The van der Waals surface area contributed by atoms with E-state index < -0.39 is 0 Å². The van der Waals surface area contributed by atoms with Gasteiger partial charge < -0.3 is 5.32 Å². The van der Waals surface area contributed by atoms with Crippen molar-refractivity contribution >= 4 is 0 Å². The second kappa shape index (κ2) is 2.98. The fraction of sp³-hybridized carbons (Fsp3) is 0.800. The van der Waals surface area contributed by atoms with Gasteiger partial charge in [-0.1, -0.05) is 12.2 Å². The van der Waals surface area contributed by atoms with Crippen molar-refractivity contribution in [2.24, 2.45) is 5.92 Å². The van der Waals surface area contributed by atoms with Crippen molar-refractivity contribution in [1.82, 2.24) is 5.32 Å². The van der Waals surface area contributed by atoms with Crippen molar-refractivity contribution < 1.29 is 0 Å². The van der Waals surface area contributed by atoms with E-state index in [0.717, 1.165) is 12.0 Å². The topological polar surface area (TPSA) is 12.0 Å². The van der Waals surface area contributed by atoms with Crippen molar-refractivity contribution in [2.45, 2.75) is 38.1 Å². The van der Waals surface area contributed by atoms with E-state index in [1.807, 2.05) is 0 Å². The van der Waals surface area contributed by atoms with Gasteiger partial charge in [0.2, 0.25) is 0 Å². The van der Waals surface area contributed by atoms with Crippen LogP contribution in [0.3, 0.4) is 0 Å². The highest BCUT2D eigenvalue weighted by Gasteiger charge is 2.29. The maximum atomic E-state index is 4.16. The van der Waals surface area contributed by atoms with E-state index in [1.165, 1.54) is 44.2 Å². The molecule has 0 amide bonds. The molecule has 0 radical (unpaired) electrons. The molecule has 2 atom stereocenters. The van der Waals surface area contributed by atoms with Gasteiger partial charge in [0.25, 0.3) is 0 Å². The first-order chi connectivity index (χ1) is 5.38. The largest absolute Gasteiger partial charge is 0.313 e. The fourth-order valence-electron chi connectivity index (χ4n) is 2.48. The molecule has 0 unspecified atom stereocenters. The maximum absolute atomic E-state index is 4.16. The number of fused-ring (bicyclic) bond motifs is 1. The van der Waals surface area contributed by atoms with Crippen molar-refractivity contribution in [1.29, 1.82) is 0 Å². The van der Waals surface area contributed by atoms with Crippen molar-refractivity contribution in [3.8, 4) is 0 Å². The summed E-state index contributed by atoms with van der Waals surface area (Å²) in [6, 6.07) is 0.782. The van der Waals surface area contributed by atoms with Crippen LogP contribution in [0.2, 0.25) is 0 Å². The molecule has 1 saturated carbocycles. The molecule has 0 aromatic rings. The third-order valence-electron chi connectivity index (χ3n) is 3.12. The Balaban J connectivity index is 2.05. The van der Waals surface area contributed by atoms with Gasteiger partial charge in [-0.05, 0) is 44.6 Å². The Morgan fingerprint density at radius 3 is 3.00 bits per heavy atom. The average molecular weight is 151 g/mol. The molecule has 1 aliphatic heterocycles. The normalized spacial score (nSPS) is 38.4. The second-order valence-corrected chi connectivity index (χ2v) is 3.86. The quantitative estimate of drug-likeness (QED) is 0.523. The van der Waals surface area contributed by atoms with Crippen LogP contribution in [0, 0.1) is 5.92 Å². The molecule has 1 N–H and O–H groups in total. The molecule has 0 spiro atoms. The summed E-state index contributed by atoms with van der Waals surface area (Å²) in [5.41, 5.74) is 1.51. The third-order valence-corrected chi connectivity index (χ3v) is 3.12. The van der Waals surface area contributed by atoms with Crippen LogP contribution >= 0.6 is 0 Å². The molecule has 62 valence electrons. The van der Waals surface area contributed by atoms with Crippen molar-refractivity contribution in [3.63, 3.8) is 0 Å². The summed E-state index contributed by atoms with van der Waals surface area (Å²) in [6.45, 7) is 5.39. The van der Waals surface area contributed by atoms with E-state index in [-0.39, 0.29) is 0 Å². The molecule has 1 nitrogen and oxygen atoms in total. The molecular weight excluding hydrogens is 134 g/mol. The number of piperidine rings is 1. The first-order valence-electron chi connectivity index (χ1n) is 4.79. The standard InChI is InChI=1S/C10H17N/c1-8-4-2-6-10-9(8)5-3-7-11-10/h9-11H,1-7H2/t9-,10-/m1/s1. The lowest BCUT2D eigenvalue weighted by Crippen LogP contribution is -2.43. The van der Waals surface area contributed by atoms with Crippen molar-refractivity contribution in [2.75, 3.05) is 6.54 Å². The first kappa shape index (κ1) is 7.35. The molecule has 1 aliphatic carbocycles. The van der Waals surface area contributed by atoms with Crippen LogP contribution in [0.1, 0.15) is 32.1 Å². The Hall–Kier alpha value is -0.300. The SMILES string of the molecule is C=C1CCC[C@H]2NCCC[C@H]12. The summed E-state index contributed by atoms with van der Waals surface area (Å²) in [5.74, 6) is 0.817. The van der Waals surface area contributed by atoms with Gasteiger partial charge in [0.1, 0.15) is 0 Å². The molecule has 1 saturated heterocycles. The van der Waals surface area contributed by atoms with Gasteiger partial charge in [-0.25, -0.2) is 0 Å². The molecule has 0 aromatic heterocycles. The zero-order valence-corrected chi connectivity index (χ0v) is 7.10. The highest BCUT2D eigenvalue weighted by Crippen LogP contribution is 2.33. The average Bonchev–Trinajstić information content (AvgIpc) is 2.06. The van der Waals surface area contributed by atoms with E-state index >= 15 is 0 Å². The number of rotatable bonds is 0.